The third kappa shape index (κ3) is 5.00. The number of nitrogens with zero attached hydrogens (tertiary/aromatic N) is 2. The molecular weight excluding hydrogens is 562 g/mol. The number of hydrogen-bond acceptors (Lipinski definition) is 7. The van der Waals surface area contributed by atoms with Crippen LogP contribution in [-0.4, -0.2) is 55.0 Å². The summed E-state index contributed by atoms with van der Waals surface area (Å²) in [5.74, 6) is -1.66. The van der Waals surface area contributed by atoms with Crippen molar-refractivity contribution >= 4 is 29.1 Å². The molecule has 1 amide bonds. The highest BCUT2D eigenvalue weighted by molar-refractivity contribution is 6.30. The van der Waals surface area contributed by atoms with Crippen molar-refractivity contribution < 1.29 is 34.3 Å². The molecular formula is C29H29Cl2FN2O6. The number of aromatic nitrogens is 1. The predicted octanol–water partition coefficient (Wildman–Crippen LogP) is 4.18. The average molecular weight is 591 g/mol. The van der Waals surface area contributed by atoms with Crippen LogP contribution >= 0.6 is 23.2 Å². The van der Waals surface area contributed by atoms with Crippen LogP contribution in [0.5, 0.6) is 0 Å². The maximum Gasteiger partial charge on any atom is 0.259 e. The molecule has 1 fully saturated rings. The van der Waals surface area contributed by atoms with Crippen molar-refractivity contribution in [2.75, 3.05) is 13.2 Å². The van der Waals surface area contributed by atoms with Gasteiger partial charge in [0, 0.05) is 23.4 Å². The Hall–Kier alpha value is -2.63. The highest BCUT2D eigenvalue weighted by Crippen LogP contribution is 2.53. The number of pyridine rings is 1. The van der Waals surface area contributed by atoms with Gasteiger partial charge in [-0.05, 0) is 80.6 Å². The van der Waals surface area contributed by atoms with Crippen LogP contribution in [0.2, 0.25) is 10.0 Å². The molecule has 0 unspecified atom stereocenters. The summed E-state index contributed by atoms with van der Waals surface area (Å²) >= 11 is 12.3. The number of carbonyl (C=O) groups is 1. The number of ether oxygens (including phenoxy) is 1. The summed E-state index contributed by atoms with van der Waals surface area (Å²) in [6.45, 7) is 2.34. The molecule has 3 aromatic rings. The van der Waals surface area contributed by atoms with E-state index in [0.29, 0.717) is 28.5 Å². The summed E-state index contributed by atoms with van der Waals surface area (Å²) in [7, 11) is 0. The van der Waals surface area contributed by atoms with E-state index in [2.05, 4.69) is 4.98 Å². The number of rotatable bonds is 9. The number of amides is 1. The van der Waals surface area contributed by atoms with Crippen molar-refractivity contribution in [3.8, 4) is 0 Å². The van der Waals surface area contributed by atoms with E-state index in [1.807, 2.05) is 0 Å². The minimum Gasteiger partial charge on any atom is -0.396 e. The molecule has 40 heavy (non-hydrogen) atoms. The van der Waals surface area contributed by atoms with Gasteiger partial charge in [-0.1, -0.05) is 29.3 Å². The van der Waals surface area contributed by atoms with Crippen molar-refractivity contribution in [2.24, 2.45) is 0 Å². The Morgan fingerprint density at radius 2 is 1.85 bits per heavy atom. The van der Waals surface area contributed by atoms with Gasteiger partial charge in [0.2, 0.25) is 5.72 Å². The fraction of sp³-hybridized carbons (Fsp3) is 0.379. The molecule has 2 heterocycles. The average Bonchev–Trinajstić information content (AvgIpc) is 3.57. The van der Waals surface area contributed by atoms with E-state index in [1.165, 1.54) is 44.3 Å². The molecule has 2 aliphatic rings. The molecule has 8 nitrogen and oxygen atoms in total. The molecule has 1 aromatic heterocycles. The Balaban J connectivity index is 1.84. The standard InChI is InChI=1S/C29H29Cl2FN2O6/c1-27(2,38)17-12-20-24(22(32)13-17)29(40-15-28(39)8-9-28,21-5-3-18(30)11-16(21)7-10-35)34(25(20)36)26(37)23-6-4-19(31)14-33-23/h3-6,11-14,26,35,37-39H,7-10,15H2,1-2H3/t26-,29+/m0/s1. The molecule has 2 atom stereocenters. The number of aliphatic hydroxyl groups excluding tert-OH is 2. The first-order valence-electron chi connectivity index (χ1n) is 12.8. The number of carbonyl (C=O) groups excluding carboxylic acids is 1. The summed E-state index contributed by atoms with van der Waals surface area (Å²) in [5, 5.41) is 43.6. The Labute approximate surface area is 240 Å². The zero-order chi connectivity index (χ0) is 29.0. The fourth-order valence-electron chi connectivity index (χ4n) is 5.05. The van der Waals surface area contributed by atoms with Gasteiger partial charge in [-0.15, -0.1) is 0 Å². The Morgan fingerprint density at radius 3 is 2.45 bits per heavy atom. The van der Waals surface area contributed by atoms with Crippen LogP contribution in [0, 0.1) is 5.82 Å². The lowest BCUT2D eigenvalue weighted by Crippen LogP contribution is -2.51. The van der Waals surface area contributed by atoms with E-state index >= 15 is 4.39 Å². The lowest BCUT2D eigenvalue weighted by atomic mass is 9.86. The van der Waals surface area contributed by atoms with Crippen LogP contribution in [0.1, 0.15) is 71.2 Å². The molecule has 0 radical (unpaired) electrons. The Bertz CT molecular complexity index is 1460. The van der Waals surface area contributed by atoms with Crippen molar-refractivity contribution in [1.29, 1.82) is 0 Å². The lowest BCUT2D eigenvalue weighted by molar-refractivity contribution is -0.180. The summed E-state index contributed by atoms with van der Waals surface area (Å²) in [6, 6.07) is 10.1. The molecule has 212 valence electrons. The number of fused-ring (bicyclic) bond motifs is 1. The molecule has 11 heteroatoms. The molecule has 0 bridgehead atoms. The van der Waals surface area contributed by atoms with Crippen LogP contribution in [0.3, 0.4) is 0 Å². The minimum absolute atomic E-state index is 0.0319. The third-order valence-electron chi connectivity index (χ3n) is 7.37. The molecule has 4 N–H and O–H groups in total. The Morgan fingerprint density at radius 1 is 1.15 bits per heavy atom. The van der Waals surface area contributed by atoms with Crippen LogP contribution in [0.25, 0.3) is 0 Å². The zero-order valence-electron chi connectivity index (χ0n) is 21.9. The van der Waals surface area contributed by atoms with E-state index in [-0.39, 0.29) is 47.6 Å². The lowest BCUT2D eigenvalue weighted by Gasteiger charge is -2.43. The first kappa shape index (κ1) is 28.9. The largest absolute Gasteiger partial charge is 0.396 e. The highest BCUT2D eigenvalue weighted by Gasteiger charge is 2.59. The molecule has 2 aromatic carbocycles. The van der Waals surface area contributed by atoms with Gasteiger partial charge in [-0.3, -0.25) is 14.7 Å². The van der Waals surface area contributed by atoms with E-state index in [1.54, 1.807) is 12.1 Å². The van der Waals surface area contributed by atoms with E-state index in [9.17, 15) is 25.2 Å². The van der Waals surface area contributed by atoms with Gasteiger partial charge in [-0.2, -0.15) is 0 Å². The van der Waals surface area contributed by atoms with Gasteiger partial charge in [0.05, 0.1) is 39.7 Å². The highest BCUT2D eigenvalue weighted by atomic mass is 35.5. The molecule has 5 rings (SSSR count). The van der Waals surface area contributed by atoms with E-state index in [4.69, 9.17) is 27.9 Å². The number of aliphatic hydroxyl groups is 4. The number of benzene rings is 2. The van der Waals surface area contributed by atoms with Gasteiger partial charge in [0.25, 0.3) is 5.91 Å². The van der Waals surface area contributed by atoms with Crippen molar-refractivity contribution in [3.05, 3.63) is 98.0 Å². The van der Waals surface area contributed by atoms with Gasteiger partial charge in [-0.25, -0.2) is 4.39 Å². The van der Waals surface area contributed by atoms with Gasteiger partial charge < -0.3 is 25.2 Å². The van der Waals surface area contributed by atoms with Crippen LogP contribution < -0.4 is 0 Å². The second-order valence-corrected chi connectivity index (χ2v) is 11.7. The first-order chi connectivity index (χ1) is 18.8. The fourth-order valence-corrected chi connectivity index (χ4v) is 5.36. The van der Waals surface area contributed by atoms with Crippen LogP contribution in [0.4, 0.5) is 4.39 Å². The molecule has 0 spiro atoms. The quantitative estimate of drug-likeness (QED) is 0.295. The zero-order valence-corrected chi connectivity index (χ0v) is 23.4. The maximum atomic E-state index is 16.3. The number of hydrogen-bond donors (Lipinski definition) is 4. The van der Waals surface area contributed by atoms with Crippen molar-refractivity contribution in [1.82, 2.24) is 9.88 Å². The second-order valence-electron chi connectivity index (χ2n) is 10.8. The topological polar surface area (TPSA) is 123 Å². The third-order valence-corrected chi connectivity index (χ3v) is 7.83. The minimum atomic E-state index is -2.11. The maximum absolute atomic E-state index is 16.3. The van der Waals surface area contributed by atoms with Gasteiger partial charge in [0.1, 0.15) is 5.82 Å². The smallest absolute Gasteiger partial charge is 0.259 e. The number of halogens is 3. The van der Waals surface area contributed by atoms with Crippen LogP contribution in [-0.2, 0) is 22.5 Å². The summed E-state index contributed by atoms with van der Waals surface area (Å²) in [6.07, 6.45) is 0.496. The molecule has 1 saturated carbocycles. The van der Waals surface area contributed by atoms with E-state index in [0.717, 1.165) is 11.0 Å². The monoisotopic (exact) mass is 590 g/mol. The van der Waals surface area contributed by atoms with E-state index < -0.39 is 34.9 Å². The predicted molar refractivity (Wildman–Crippen MR) is 145 cm³/mol. The van der Waals surface area contributed by atoms with Crippen molar-refractivity contribution in [2.45, 2.75) is 56.3 Å². The SMILES string of the molecule is CC(C)(O)c1cc(F)c2c(c1)C(=O)N([C@@H](O)c1ccc(Cl)cn1)[C@@]2(OCC1(O)CC1)c1ccc(Cl)cc1CCO. The first-order valence-corrected chi connectivity index (χ1v) is 13.5. The summed E-state index contributed by atoms with van der Waals surface area (Å²) in [5.41, 5.74) is -4.29. The second kappa shape index (κ2) is 10.3. The normalized spacial score (nSPS) is 20.5. The van der Waals surface area contributed by atoms with Gasteiger partial charge >= 0.3 is 0 Å². The molecule has 1 aliphatic heterocycles. The summed E-state index contributed by atoms with van der Waals surface area (Å²) < 4.78 is 22.8. The summed E-state index contributed by atoms with van der Waals surface area (Å²) in [4.78, 5) is 19.4. The van der Waals surface area contributed by atoms with Crippen LogP contribution in [0.15, 0.2) is 48.7 Å². The Kier molecular flexibility index (Phi) is 7.46. The molecule has 0 saturated heterocycles. The van der Waals surface area contributed by atoms with Gasteiger partial charge in [0.15, 0.2) is 6.23 Å². The van der Waals surface area contributed by atoms with Crippen molar-refractivity contribution in [3.63, 3.8) is 0 Å². The molecule has 1 aliphatic carbocycles.